The maximum atomic E-state index is 6.27. The van der Waals surface area contributed by atoms with Gasteiger partial charge >= 0.3 is 0 Å². The maximum Gasteiger partial charge on any atom is 0.0932 e. The van der Waals surface area contributed by atoms with E-state index in [4.69, 9.17) is 16.6 Å². The molecule has 0 bridgehead atoms. The molecule has 3 heteroatoms. The van der Waals surface area contributed by atoms with E-state index >= 15 is 0 Å². The lowest BCUT2D eigenvalue weighted by molar-refractivity contribution is 0.547. The number of rotatable bonds is 6. The summed E-state index contributed by atoms with van der Waals surface area (Å²) in [6.07, 6.45) is 3.22. The molecule has 0 fully saturated rings. The van der Waals surface area contributed by atoms with Crippen LogP contribution in [0.2, 0.25) is 0 Å². The van der Waals surface area contributed by atoms with Crippen molar-refractivity contribution in [2.45, 2.75) is 38.5 Å². The van der Waals surface area contributed by atoms with Crippen molar-refractivity contribution >= 4 is 22.9 Å². The molecule has 1 atom stereocenters. The first-order chi connectivity index (χ1) is 9.16. The molecule has 0 aliphatic heterocycles. The van der Waals surface area contributed by atoms with Crippen molar-refractivity contribution < 1.29 is 0 Å². The van der Waals surface area contributed by atoms with Crippen LogP contribution < -0.4 is 0 Å². The van der Waals surface area contributed by atoms with E-state index in [1.165, 1.54) is 10.6 Å². The number of aromatic nitrogens is 1. The molecule has 0 amide bonds. The first kappa shape index (κ1) is 14.5. The molecule has 0 N–H and O–H groups in total. The number of halogens is 1. The van der Waals surface area contributed by atoms with E-state index in [-0.39, 0.29) is 5.38 Å². The number of nitrogens with zero attached hydrogens (tertiary/aromatic N) is 1. The lowest BCUT2D eigenvalue weighted by Gasteiger charge is -2.11. The molecule has 1 aromatic heterocycles. The lowest BCUT2D eigenvalue weighted by atomic mass is 10.0. The Balaban J connectivity index is 1.88. The van der Waals surface area contributed by atoms with Crippen LogP contribution >= 0.6 is 22.9 Å². The average Bonchev–Trinajstić information content (AvgIpc) is 2.88. The number of benzene rings is 1. The Kier molecular flexibility index (Phi) is 5.41. The first-order valence-electron chi connectivity index (χ1n) is 6.80. The van der Waals surface area contributed by atoms with Crippen LogP contribution in [-0.4, -0.2) is 10.4 Å². The van der Waals surface area contributed by atoms with Crippen molar-refractivity contribution in [3.05, 3.63) is 40.7 Å². The van der Waals surface area contributed by atoms with Crippen LogP contribution in [0.3, 0.4) is 0 Å². The zero-order valence-corrected chi connectivity index (χ0v) is 13.0. The highest BCUT2D eigenvalue weighted by molar-refractivity contribution is 7.09. The third kappa shape index (κ3) is 4.32. The van der Waals surface area contributed by atoms with E-state index in [1.54, 1.807) is 11.3 Å². The van der Waals surface area contributed by atoms with Crippen molar-refractivity contribution in [1.82, 2.24) is 4.98 Å². The van der Waals surface area contributed by atoms with E-state index < -0.39 is 0 Å². The molecule has 0 radical (unpaired) electrons. The molecule has 1 aromatic carbocycles. The van der Waals surface area contributed by atoms with Gasteiger partial charge in [0.05, 0.1) is 10.7 Å². The molecule has 0 spiro atoms. The third-order valence-corrected chi connectivity index (χ3v) is 4.85. The maximum absolute atomic E-state index is 6.27. The Bertz CT molecular complexity index is 492. The van der Waals surface area contributed by atoms with Gasteiger partial charge in [-0.05, 0) is 25.2 Å². The van der Waals surface area contributed by atoms with Crippen LogP contribution in [0.4, 0.5) is 0 Å². The zero-order valence-electron chi connectivity index (χ0n) is 11.5. The second kappa shape index (κ2) is 7.06. The van der Waals surface area contributed by atoms with Crippen LogP contribution in [0.5, 0.6) is 0 Å². The average molecular weight is 294 g/mol. The summed E-state index contributed by atoms with van der Waals surface area (Å²) in [5.74, 6) is 0.554. The molecule has 19 heavy (non-hydrogen) atoms. The molecule has 1 nitrogen and oxygen atoms in total. The minimum atomic E-state index is 0.286. The molecular weight excluding hydrogens is 274 g/mol. The van der Waals surface area contributed by atoms with Gasteiger partial charge in [0.1, 0.15) is 0 Å². The Morgan fingerprint density at radius 1 is 1.21 bits per heavy atom. The summed E-state index contributed by atoms with van der Waals surface area (Å²) in [4.78, 5) is 4.70. The number of thiazole rings is 1. The highest BCUT2D eigenvalue weighted by atomic mass is 35.5. The fourth-order valence-corrected chi connectivity index (χ4v) is 2.95. The summed E-state index contributed by atoms with van der Waals surface area (Å²) >= 11 is 8.02. The molecule has 0 aliphatic rings. The van der Waals surface area contributed by atoms with Crippen LogP contribution in [0.25, 0.3) is 11.3 Å². The van der Waals surface area contributed by atoms with Crippen LogP contribution in [0.15, 0.2) is 35.7 Å². The van der Waals surface area contributed by atoms with Crippen LogP contribution in [0, 0.1) is 5.92 Å². The van der Waals surface area contributed by atoms with Crippen molar-refractivity contribution in [1.29, 1.82) is 0 Å². The minimum Gasteiger partial charge on any atom is -0.241 e. The summed E-state index contributed by atoms with van der Waals surface area (Å²) in [5, 5.41) is 3.64. The van der Waals surface area contributed by atoms with Gasteiger partial charge in [0, 0.05) is 16.3 Å². The molecule has 0 saturated heterocycles. The van der Waals surface area contributed by atoms with Crippen LogP contribution in [0.1, 0.15) is 31.7 Å². The number of hydrogen-bond donors (Lipinski definition) is 0. The Morgan fingerprint density at radius 3 is 2.63 bits per heavy atom. The molecule has 1 unspecified atom stereocenters. The summed E-state index contributed by atoms with van der Waals surface area (Å²) < 4.78 is 0. The van der Waals surface area contributed by atoms with Crippen molar-refractivity contribution in [3.8, 4) is 11.3 Å². The largest absolute Gasteiger partial charge is 0.241 e. The lowest BCUT2D eigenvalue weighted by Crippen LogP contribution is -2.07. The summed E-state index contributed by atoms with van der Waals surface area (Å²) in [7, 11) is 0. The zero-order chi connectivity index (χ0) is 13.7. The van der Waals surface area contributed by atoms with E-state index in [2.05, 4.69) is 43.5 Å². The van der Waals surface area contributed by atoms with Crippen molar-refractivity contribution in [2.75, 3.05) is 0 Å². The minimum absolute atomic E-state index is 0.286. The highest BCUT2D eigenvalue weighted by Gasteiger charge is 2.10. The summed E-state index contributed by atoms with van der Waals surface area (Å²) in [6, 6.07) is 10.3. The number of aryl methyl sites for hydroxylation is 1. The summed E-state index contributed by atoms with van der Waals surface area (Å²) in [5.41, 5.74) is 2.29. The monoisotopic (exact) mass is 293 g/mol. The predicted octanol–water partition coefficient (Wildman–Crippen LogP) is 5.40. The fraction of sp³-hybridized carbons (Fsp3) is 0.438. The van der Waals surface area contributed by atoms with Gasteiger partial charge in [-0.25, -0.2) is 4.98 Å². The van der Waals surface area contributed by atoms with E-state index in [0.717, 1.165) is 25.0 Å². The molecule has 2 rings (SSSR count). The summed E-state index contributed by atoms with van der Waals surface area (Å²) in [6.45, 7) is 4.35. The number of hydrogen-bond acceptors (Lipinski definition) is 2. The van der Waals surface area contributed by atoms with E-state index in [1.807, 2.05) is 6.07 Å². The fourth-order valence-electron chi connectivity index (χ4n) is 1.95. The van der Waals surface area contributed by atoms with Gasteiger partial charge in [0.25, 0.3) is 0 Å². The standard InChI is InChI=1S/C16H20ClNS/c1-12(2)14(17)9-6-10-16-18-15(11-19-16)13-7-4-3-5-8-13/h3-5,7-8,11-12,14H,6,9-10H2,1-2H3. The Hall–Kier alpha value is -0.860. The smallest absolute Gasteiger partial charge is 0.0932 e. The topological polar surface area (TPSA) is 12.9 Å². The van der Waals surface area contributed by atoms with E-state index in [9.17, 15) is 0 Å². The van der Waals surface area contributed by atoms with Gasteiger partial charge < -0.3 is 0 Å². The van der Waals surface area contributed by atoms with Crippen molar-refractivity contribution in [2.24, 2.45) is 5.92 Å². The van der Waals surface area contributed by atoms with Gasteiger partial charge in [-0.15, -0.1) is 22.9 Å². The normalized spacial score (nSPS) is 12.8. The molecule has 1 heterocycles. The van der Waals surface area contributed by atoms with Gasteiger partial charge in [-0.1, -0.05) is 44.2 Å². The third-order valence-electron chi connectivity index (χ3n) is 3.22. The van der Waals surface area contributed by atoms with Crippen LogP contribution in [-0.2, 0) is 6.42 Å². The highest BCUT2D eigenvalue weighted by Crippen LogP contribution is 2.23. The predicted molar refractivity (Wildman–Crippen MR) is 85.0 cm³/mol. The Morgan fingerprint density at radius 2 is 1.95 bits per heavy atom. The number of alkyl halides is 1. The quantitative estimate of drug-likeness (QED) is 0.650. The SMILES string of the molecule is CC(C)C(Cl)CCCc1nc(-c2ccccc2)cs1. The van der Waals surface area contributed by atoms with Gasteiger partial charge in [0.15, 0.2) is 0 Å². The Labute approximate surface area is 124 Å². The second-order valence-corrected chi connectivity index (χ2v) is 6.65. The van der Waals surface area contributed by atoms with Gasteiger partial charge in [0.2, 0.25) is 0 Å². The molecule has 0 aliphatic carbocycles. The first-order valence-corrected chi connectivity index (χ1v) is 8.12. The molecule has 2 aromatic rings. The van der Waals surface area contributed by atoms with Gasteiger partial charge in [-0.3, -0.25) is 0 Å². The molecule has 0 saturated carbocycles. The van der Waals surface area contributed by atoms with Gasteiger partial charge in [-0.2, -0.15) is 0 Å². The van der Waals surface area contributed by atoms with E-state index in [0.29, 0.717) is 5.92 Å². The molecular formula is C16H20ClNS. The molecule has 102 valence electrons. The van der Waals surface area contributed by atoms with Crippen molar-refractivity contribution in [3.63, 3.8) is 0 Å². The second-order valence-electron chi connectivity index (χ2n) is 5.14.